The Hall–Kier alpha value is -1.79. The molecule has 1 aliphatic heterocycles. The molecule has 1 saturated heterocycles. The normalized spacial score (nSPS) is 19.3. The second-order valence-corrected chi connectivity index (χ2v) is 6.94. The molecule has 2 fully saturated rings. The van der Waals surface area contributed by atoms with Crippen LogP contribution in [0.4, 0.5) is 0 Å². The molecule has 7 heteroatoms. The van der Waals surface area contributed by atoms with Crippen LogP contribution in [0, 0.1) is 5.92 Å². The molecule has 1 heterocycles. The van der Waals surface area contributed by atoms with Crippen molar-refractivity contribution in [3.8, 4) is 0 Å². The summed E-state index contributed by atoms with van der Waals surface area (Å²) in [6.45, 7) is 6.96. The summed E-state index contributed by atoms with van der Waals surface area (Å²) in [5.41, 5.74) is 0. The van der Waals surface area contributed by atoms with Crippen molar-refractivity contribution in [1.29, 1.82) is 0 Å². The number of rotatable bonds is 5. The highest BCUT2D eigenvalue weighted by atomic mass is 16.2. The molecule has 0 atom stereocenters. The molecule has 1 aliphatic carbocycles. The third-order valence-electron chi connectivity index (χ3n) is 4.08. The molecule has 1 saturated carbocycles. The van der Waals surface area contributed by atoms with E-state index in [9.17, 15) is 9.59 Å². The van der Waals surface area contributed by atoms with E-state index in [0.29, 0.717) is 24.5 Å². The summed E-state index contributed by atoms with van der Waals surface area (Å²) >= 11 is 0. The van der Waals surface area contributed by atoms with Gasteiger partial charge >= 0.3 is 0 Å². The summed E-state index contributed by atoms with van der Waals surface area (Å²) in [7, 11) is 3.44. The molecule has 0 radical (unpaired) electrons. The molecule has 0 aromatic carbocycles. The van der Waals surface area contributed by atoms with Gasteiger partial charge < -0.3 is 20.0 Å². The van der Waals surface area contributed by atoms with E-state index in [1.807, 2.05) is 9.80 Å². The van der Waals surface area contributed by atoms with Gasteiger partial charge in [0.05, 0.1) is 6.54 Å². The van der Waals surface area contributed by atoms with Gasteiger partial charge in [-0.05, 0) is 18.8 Å². The highest BCUT2D eigenvalue weighted by Crippen LogP contribution is 2.28. The fourth-order valence-electron chi connectivity index (χ4n) is 2.49. The number of carbonyl (C=O) groups excluding carboxylic acids is 2. The van der Waals surface area contributed by atoms with Crippen molar-refractivity contribution < 1.29 is 9.59 Å². The lowest BCUT2D eigenvalue weighted by molar-refractivity contribution is -0.135. The second kappa shape index (κ2) is 7.66. The number of aliphatic imine (C=N–C) groups is 1. The van der Waals surface area contributed by atoms with Crippen LogP contribution < -0.4 is 5.32 Å². The molecule has 0 spiro atoms. The van der Waals surface area contributed by atoms with Gasteiger partial charge in [0, 0.05) is 39.8 Å². The fraction of sp³-hybridized carbons (Fsp3) is 0.812. The first-order valence-corrected chi connectivity index (χ1v) is 8.41. The smallest absolute Gasteiger partial charge is 0.243 e. The van der Waals surface area contributed by atoms with Gasteiger partial charge in [-0.2, -0.15) is 0 Å². The van der Waals surface area contributed by atoms with Crippen molar-refractivity contribution in [2.24, 2.45) is 10.9 Å². The number of hydrogen-bond donors (Lipinski definition) is 1. The molecule has 2 rings (SSSR count). The number of nitrogens with zero attached hydrogens (tertiary/aromatic N) is 4. The molecule has 7 nitrogen and oxygen atoms in total. The van der Waals surface area contributed by atoms with E-state index in [-0.39, 0.29) is 18.4 Å². The van der Waals surface area contributed by atoms with Crippen molar-refractivity contribution in [2.75, 3.05) is 46.8 Å². The molecule has 0 unspecified atom stereocenters. The summed E-state index contributed by atoms with van der Waals surface area (Å²) in [6, 6.07) is 0.462. The quantitative estimate of drug-likeness (QED) is 0.570. The number of amides is 2. The third-order valence-corrected chi connectivity index (χ3v) is 4.08. The van der Waals surface area contributed by atoms with Gasteiger partial charge in [0.1, 0.15) is 6.54 Å². The molecule has 130 valence electrons. The van der Waals surface area contributed by atoms with Crippen LogP contribution in [-0.4, -0.2) is 85.3 Å². The van der Waals surface area contributed by atoms with Crippen LogP contribution in [0.2, 0.25) is 0 Å². The maximum Gasteiger partial charge on any atom is 0.243 e. The lowest BCUT2D eigenvalue weighted by Crippen LogP contribution is -2.56. The van der Waals surface area contributed by atoms with E-state index in [1.165, 1.54) is 4.90 Å². The largest absolute Gasteiger partial charge is 0.356 e. The first kappa shape index (κ1) is 17.6. The molecular formula is C16H29N5O2. The van der Waals surface area contributed by atoms with Crippen molar-refractivity contribution in [3.05, 3.63) is 0 Å². The van der Waals surface area contributed by atoms with Gasteiger partial charge in [-0.15, -0.1) is 0 Å². The number of likely N-dealkylation sites (N-methyl/N-ethyl adjacent to an activating group) is 1. The van der Waals surface area contributed by atoms with Crippen LogP contribution >= 0.6 is 0 Å². The van der Waals surface area contributed by atoms with Gasteiger partial charge in [-0.1, -0.05) is 13.8 Å². The van der Waals surface area contributed by atoms with Crippen molar-refractivity contribution in [3.63, 3.8) is 0 Å². The summed E-state index contributed by atoms with van der Waals surface area (Å²) in [5.74, 6) is 1.25. The molecule has 2 aliphatic rings. The van der Waals surface area contributed by atoms with Gasteiger partial charge in [-0.3, -0.25) is 9.59 Å². The van der Waals surface area contributed by atoms with Gasteiger partial charge in [0.2, 0.25) is 11.8 Å². The lowest BCUT2D eigenvalue weighted by atomic mass is 10.2. The Morgan fingerprint density at radius 1 is 1.35 bits per heavy atom. The van der Waals surface area contributed by atoms with E-state index in [0.717, 1.165) is 32.5 Å². The monoisotopic (exact) mass is 323 g/mol. The molecule has 1 N–H and O–H groups in total. The predicted molar refractivity (Wildman–Crippen MR) is 90.1 cm³/mol. The van der Waals surface area contributed by atoms with Crippen LogP contribution in [0.25, 0.3) is 0 Å². The number of nitrogens with one attached hydrogen (secondary N) is 1. The Morgan fingerprint density at radius 2 is 2.04 bits per heavy atom. The summed E-state index contributed by atoms with van der Waals surface area (Å²) in [6.07, 6.45) is 2.27. The summed E-state index contributed by atoms with van der Waals surface area (Å²) < 4.78 is 0. The molecule has 0 bridgehead atoms. The first-order chi connectivity index (χ1) is 10.9. The Bertz CT molecular complexity index is 471. The van der Waals surface area contributed by atoms with Crippen LogP contribution in [0.5, 0.6) is 0 Å². The fourth-order valence-corrected chi connectivity index (χ4v) is 2.49. The Labute approximate surface area is 138 Å². The van der Waals surface area contributed by atoms with E-state index < -0.39 is 0 Å². The highest BCUT2D eigenvalue weighted by Gasteiger charge is 2.36. The maximum absolute atomic E-state index is 12.3. The zero-order valence-electron chi connectivity index (χ0n) is 14.7. The van der Waals surface area contributed by atoms with Crippen LogP contribution in [0.1, 0.15) is 26.7 Å². The number of hydrogen-bond acceptors (Lipinski definition) is 3. The minimum atomic E-state index is -0.0446. The first-order valence-electron chi connectivity index (χ1n) is 8.41. The van der Waals surface area contributed by atoms with Crippen LogP contribution in [0.15, 0.2) is 4.99 Å². The maximum atomic E-state index is 12.3. The molecule has 0 aromatic rings. The van der Waals surface area contributed by atoms with Gasteiger partial charge in [0.15, 0.2) is 5.96 Å². The second-order valence-electron chi connectivity index (χ2n) is 6.94. The van der Waals surface area contributed by atoms with Crippen molar-refractivity contribution in [2.45, 2.75) is 32.7 Å². The third kappa shape index (κ3) is 5.11. The average molecular weight is 323 g/mol. The van der Waals surface area contributed by atoms with E-state index in [1.54, 1.807) is 14.1 Å². The zero-order valence-corrected chi connectivity index (χ0v) is 14.7. The molecule has 23 heavy (non-hydrogen) atoms. The van der Waals surface area contributed by atoms with E-state index in [2.05, 4.69) is 24.2 Å². The number of guanidine groups is 1. The number of carbonyl (C=O) groups is 2. The topological polar surface area (TPSA) is 68.2 Å². The van der Waals surface area contributed by atoms with Gasteiger partial charge in [0.25, 0.3) is 0 Å². The van der Waals surface area contributed by atoms with Crippen molar-refractivity contribution in [1.82, 2.24) is 20.0 Å². The SMILES string of the molecule is CC(C)CNC(=NCC(=O)N(C)C)N1CCN(C2CC2)C(=O)C1. The summed E-state index contributed by atoms with van der Waals surface area (Å²) in [5, 5.41) is 3.30. The van der Waals surface area contributed by atoms with Crippen molar-refractivity contribution >= 4 is 17.8 Å². The average Bonchev–Trinajstić information content (AvgIpc) is 3.31. The standard InChI is InChI=1S/C16H29N5O2/c1-12(2)9-17-16(18-10-14(22)19(3)4)20-7-8-21(13-5-6-13)15(23)11-20/h12-13H,5-11H2,1-4H3,(H,17,18). The zero-order chi connectivity index (χ0) is 17.0. The lowest BCUT2D eigenvalue weighted by Gasteiger charge is -2.36. The Morgan fingerprint density at radius 3 is 2.57 bits per heavy atom. The predicted octanol–water partition coefficient (Wildman–Crippen LogP) is -0.0172. The Balaban J connectivity index is 1.99. The highest BCUT2D eigenvalue weighted by molar-refractivity contribution is 5.89. The van der Waals surface area contributed by atoms with Gasteiger partial charge in [-0.25, -0.2) is 4.99 Å². The minimum Gasteiger partial charge on any atom is -0.356 e. The summed E-state index contributed by atoms with van der Waals surface area (Å²) in [4.78, 5) is 34.0. The minimum absolute atomic E-state index is 0.0446. The molecular weight excluding hydrogens is 294 g/mol. The van der Waals surface area contributed by atoms with E-state index >= 15 is 0 Å². The van der Waals surface area contributed by atoms with Crippen LogP contribution in [0.3, 0.4) is 0 Å². The van der Waals surface area contributed by atoms with E-state index in [4.69, 9.17) is 0 Å². The van der Waals surface area contributed by atoms with Crippen LogP contribution in [-0.2, 0) is 9.59 Å². The molecule has 2 amide bonds. The Kier molecular flexibility index (Phi) is 5.85. The molecule has 0 aromatic heterocycles. The number of piperazine rings is 1.